The lowest BCUT2D eigenvalue weighted by molar-refractivity contribution is 1.40. The summed E-state index contributed by atoms with van der Waals surface area (Å²) in [5, 5.41) is 0. The molecule has 0 aromatic carbocycles. The van der Waals surface area contributed by atoms with E-state index in [0.29, 0.717) is 4.61 Å². The van der Waals surface area contributed by atoms with Gasteiger partial charge in [0.05, 0.1) is 4.61 Å². The number of hydrogen-bond donors (Lipinski definition) is 2. The lowest BCUT2D eigenvalue weighted by atomic mass is 10.3. The molecule has 0 saturated carbocycles. The molecule has 0 fully saturated rings. The lowest BCUT2D eigenvalue weighted by Gasteiger charge is -1.87. The second kappa shape index (κ2) is 3.55. The van der Waals surface area contributed by atoms with Gasteiger partial charge in [-0.25, -0.2) is 0 Å². The number of allylic oxidation sites excluding steroid dienone is 2. The molecule has 0 bridgehead atoms. The Morgan fingerprint density at radius 2 is 2.12 bits per heavy atom. The quantitative estimate of drug-likeness (QED) is 0.464. The van der Waals surface area contributed by atoms with Gasteiger partial charge in [0.1, 0.15) is 0 Å². The van der Waals surface area contributed by atoms with E-state index in [0.717, 1.165) is 5.57 Å². The molecular weight excluding hydrogens is 168 g/mol. The molecule has 0 aliphatic heterocycles. The van der Waals surface area contributed by atoms with Crippen molar-refractivity contribution in [3.8, 4) is 0 Å². The van der Waals surface area contributed by atoms with E-state index >= 15 is 0 Å². The molecule has 0 unspecified atom stereocenters. The van der Waals surface area contributed by atoms with Crippen LogP contribution >= 0.6 is 15.9 Å². The van der Waals surface area contributed by atoms with Crippen molar-refractivity contribution in [3.05, 3.63) is 22.5 Å². The van der Waals surface area contributed by atoms with Gasteiger partial charge in [-0.1, -0.05) is 0 Å². The van der Waals surface area contributed by atoms with E-state index in [4.69, 9.17) is 11.5 Å². The van der Waals surface area contributed by atoms with Crippen LogP contribution in [0.3, 0.4) is 0 Å². The first-order chi connectivity index (χ1) is 3.66. The summed E-state index contributed by atoms with van der Waals surface area (Å²) in [6, 6.07) is 0. The third-order valence-electron chi connectivity index (χ3n) is 0.628. The molecule has 8 heavy (non-hydrogen) atoms. The third-order valence-corrected chi connectivity index (χ3v) is 0.857. The first-order valence-corrected chi connectivity index (χ1v) is 2.97. The highest BCUT2D eigenvalue weighted by molar-refractivity contribution is 9.11. The summed E-state index contributed by atoms with van der Waals surface area (Å²) < 4.78 is 0.594. The van der Waals surface area contributed by atoms with Crippen LogP contribution in [0.5, 0.6) is 0 Å². The minimum Gasteiger partial charge on any atom is -0.404 e. The highest BCUT2D eigenvalue weighted by atomic mass is 79.9. The molecule has 0 atom stereocenters. The van der Waals surface area contributed by atoms with Crippen LogP contribution in [0.25, 0.3) is 0 Å². The van der Waals surface area contributed by atoms with E-state index in [1.54, 1.807) is 6.08 Å². The Bertz CT molecular complexity index is 122. The van der Waals surface area contributed by atoms with Crippen molar-refractivity contribution in [2.75, 3.05) is 0 Å². The first-order valence-electron chi connectivity index (χ1n) is 2.18. The van der Waals surface area contributed by atoms with Gasteiger partial charge >= 0.3 is 0 Å². The van der Waals surface area contributed by atoms with Crippen molar-refractivity contribution in [2.45, 2.75) is 6.92 Å². The van der Waals surface area contributed by atoms with E-state index in [1.165, 1.54) is 6.20 Å². The monoisotopic (exact) mass is 176 g/mol. The van der Waals surface area contributed by atoms with Gasteiger partial charge in [-0.3, -0.25) is 0 Å². The standard InChI is InChI=1S/C5H9BrN2/c1-4(3-7)2-5(6)8/h2-3H,7-8H2,1H3. The van der Waals surface area contributed by atoms with Crippen LogP contribution in [0.1, 0.15) is 6.92 Å². The van der Waals surface area contributed by atoms with Crippen molar-refractivity contribution in [2.24, 2.45) is 11.5 Å². The highest BCUT2D eigenvalue weighted by Crippen LogP contribution is 1.99. The Morgan fingerprint density at radius 3 is 2.25 bits per heavy atom. The Morgan fingerprint density at radius 1 is 1.62 bits per heavy atom. The molecule has 0 heterocycles. The van der Waals surface area contributed by atoms with Crippen molar-refractivity contribution in [3.63, 3.8) is 0 Å². The van der Waals surface area contributed by atoms with Crippen LogP contribution in [0, 0.1) is 0 Å². The van der Waals surface area contributed by atoms with Crippen molar-refractivity contribution >= 4 is 15.9 Å². The zero-order chi connectivity index (χ0) is 6.57. The molecule has 2 nitrogen and oxygen atoms in total. The number of hydrogen-bond acceptors (Lipinski definition) is 2. The Kier molecular flexibility index (Phi) is 3.35. The van der Waals surface area contributed by atoms with Crippen LogP contribution in [0.4, 0.5) is 0 Å². The third kappa shape index (κ3) is 3.74. The molecule has 0 amide bonds. The summed E-state index contributed by atoms with van der Waals surface area (Å²) in [4.78, 5) is 0. The summed E-state index contributed by atoms with van der Waals surface area (Å²) in [6.07, 6.45) is 3.23. The molecule has 0 aromatic heterocycles. The van der Waals surface area contributed by atoms with Gasteiger partial charge in [-0.05, 0) is 40.7 Å². The zero-order valence-corrected chi connectivity index (χ0v) is 6.27. The largest absolute Gasteiger partial charge is 0.404 e. The second-order valence-corrected chi connectivity index (χ2v) is 2.36. The van der Waals surface area contributed by atoms with Gasteiger partial charge in [0.2, 0.25) is 0 Å². The molecular formula is C5H9BrN2. The van der Waals surface area contributed by atoms with Crippen molar-refractivity contribution in [1.82, 2.24) is 0 Å². The maximum absolute atomic E-state index is 5.25. The van der Waals surface area contributed by atoms with Crippen LogP contribution in [-0.4, -0.2) is 0 Å². The molecule has 0 rings (SSSR count). The average molecular weight is 177 g/mol. The van der Waals surface area contributed by atoms with Crippen LogP contribution < -0.4 is 11.5 Å². The predicted molar refractivity (Wildman–Crippen MR) is 39.1 cm³/mol. The maximum atomic E-state index is 5.25. The molecule has 0 radical (unpaired) electrons. The summed E-state index contributed by atoms with van der Waals surface area (Å²) >= 11 is 3.06. The van der Waals surface area contributed by atoms with E-state index in [9.17, 15) is 0 Å². The molecule has 0 saturated heterocycles. The van der Waals surface area contributed by atoms with E-state index in [1.807, 2.05) is 6.92 Å². The minimum atomic E-state index is 0.594. The van der Waals surface area contributed by atoms with Gasteiger partial charge in [0, 0.05) is 0 Å². The summed E-state index contributed by atoms with van der Waals surface area (Å²) in [5.41, 5.74) is 11.3. The van der Waals surface area contributed by atoms with E-state index in [2.05, 4.69) is 15.9 Å². The average Bonchev–Trinajstić information content (AvgIpc) is 1.65. The SMILES string of the molecule is CC(C=C(N)Br)=CN. The lowest BCUT2D eigenvalue weighted by Crippen LogP contribution is -1.88. The van der Waals surface area contributed by atoms with Crippen molar-refractivity contribution < 1.29 is 0 Å². The highest BCUT2D eigenvalue weighted by Gasteiger charge is 1.79. The van der Waals surface area contributed by atoms with E-state index in [-0.39, 0.29) is 0 Å². The second-order valence-electron chi connectivity index (χ2n) is 1.44. The van der Waals surface area contributed by atoms with Crippen LogP contribution in [-0.2, 0) is 0 Å². The first kappa shape index (κ1) is 7.56. The molecule has 4 N–H and O–H groups in total. The zero-order valence-electron chi connectivity index (χ0n) is 4.69. The number of rotatable bonds is 1. The van der Waals surface area contributed by atoms with Crippen LogP contribution in [0.2, 0.25) is 0 Å². The molecule has 0 spiro atoms. The fourth-order valence-electron chi connectivity index (χ4n) is 0.266. The number of nitrogens with two attached hydrogens (primary N) is 2. The smallest absolute Gasteiger partial charge is 0.0757 e. The van der Waals surface area contributed by atoms with Crippen LogP contribution in [0.15, 0.2) is 22.5 Å². The minimum absolute atomic E-state index is 0.594. The molecule has 3 heteroatoms. The van der Waals surface area contributed by atoms with Gasteiger partial charge in [-0.15, -0.1) is 0 Å². The summed E-state index contributed by atoms with van der Waals surface area (Å²) in [5.74, 6) is 0. The molecule has 0 aromatic rings. The Labute approximate surface area is 57.4 Å². The van der Waals surface area contributed by atoms with E-state index < -0.39 is 0 Å². The summed E-state index contributed by atoms with van der Waals surface area (Å²) in [7, 11) is 0. The van der Waals surface area contributed by atoms with Crippen molar-refractivity contribution in [1.29, 1.82) is 0 Å². The fourth-order valence-corrected chi connectivity index (χ4v) is 0.627. The summed E-state index contributed by atoms with van der Waals surface area (Å²) in [6.45, 7) is 1.87. The maximum Gasteiger partial charge on any atom is 0.0757 e. The van der Waals surface area contributed by atoms with Gasteiger partial charge in [-0.2, -0.15) is 0 Å². The van der Waals surface area contributed by atoms with Gasteiger partial charge in [0.25, 0.3) is 0 Å². The molecule has 46 valence electrons. The molecule has 0 aliphatic rings. The van der Waals surface area contributed by atoms with Gasteiger partial charge in [0.15, 0.2) is 0 Å². The van der Waals surface area contributed by atoms with Gasteiger partial charge < -0.3 is 11.5 Å². The fraction of sp³-hybridized carbons (Fsp3) is 0.200. The Balaban J connectivity index is 3.89. The topological polar surface area (TPSA) is 52.0 Å². The normalized spacial score (nSPS) is 14.2. The predicted octanol–water partition coefficient (Wildman–Crippen LogP) is 1.04. The Hall–Kier alpha value is -0.440. The molecule has 0 aliphatic carbocycles. The number of halogens is 1.